The number of alkyl halides is 3. The number of hydrogen-bond donors (Lipinski definition) is 5. The molecule has 5 N–H and O–H groups in total. The molecule has 3 heterocycles. The van der Waals surface area contributed by atoms with Crippen LogP contribution in [0, 0.1) is 0 Å². The molecule has 0 atom stereocenters. The van der Waals surface area contributed by atoms with Gasteiger partial charge >= 0.3 is 6.18 Å². The van der Waals surface area contributed by atoms with Crippen LogP contribution in [0.4, 0.5) is 41.6 Å². The third-order valence-electron chi connectivity index (χ3n) is 7.69. The summed E-state index contributed by atoms with van der Waals surface area (Å²) in [5.74, 6) is -0.852. The van der Waals surface area contributed by atoms with Crippen LogP contribution in [-0.2, 0) is 11.0 Å². The number of piperidine rings is 1. The highest BCUT2D eigenvalue weighted by Gasteiger charge is 2.33. The summed E-state index contributed by atoms with van der Waals surface area (Å²) >= 11 is 0. The van der Waals surface area contributed by atoms with Crippen LogP contribution in [0.15, 0.2) is 78.5 Å². The number of amides is 2. The summed E-state index contributed by atoms with van der Waals surface area (Å²) in [5.41, 5.74) is 3.98. The molecule has 6 rings (SSSR count). The minimum atomic E-state index is -4.62. The van der Waals surface area contributed by atoms with Gasteiger partial charge < -0.3 is 31.3 Å². The van der Waals surface area contributed by atoms with E-state index in [1.54, 1.807) is 29.2 Å². The van der Waals surface area contributed by atoms with E-state index in [4.69, 9.17) is 0 Å². The normalized spacial score (nSPS) is 17.8. The van der Waals surface area contributed by atoms with E-state index in [9.17, 15) is 27.9 Å². The number of carbonyl (C=O) groups excluding carboxylic acids is 2. The predicted octanol–water partition coefficient (Wildman–Crippen LogP) is 5.88. The molecule has 3 aliphatic rings. The summed E-state index contributed by atoms with van der Waals surface area (Å²) in [6, 6.07) is 15.7. The van der Waals surface area contributed by atoms with Crippen molar-refractivity contribution in [2.24, 2.45) is 0 Å². The van der Waals surface area contributed by atoms with E-state index < -0.39 is 23.8 Å². The molecule has 0 saturated carbocycles. The molecule has 0 spiro atoms. The van der Waals surface area contributed by atoms with E-state index in [2.05, 4.69) is 21.3 Å². The molecule has 3 aromatic carbocycles. The van der Waals surface area contributed by atoms with E-state index in [1.165, 1.54) is 6.07 Å². The lowest BCUT2D eigenvalue weighted by atomic mass is 10.0. The summed E-state index contributed by atoms with van der Waals surface area (Å²) in [7, 11) is 0. The smallest absolute Gasteiger partial charge is 0.393 e. The molecule has 0 bridgehead atoms. The number of halogens is 3. The zero-order valence-electron chi connectivity index (χ0n) is 23.1. The Morgan fingerprint density at radius 2 is 1.77 bits per heavy atom. The van der Waals surface area contributed by atoms with Crippen molar-refractivity contribution in [3.05, 3.63) is 95.2 Å². The first-order valence-corrected chi connectivity index (χ1v) is 14.1. The summed E-state index contributed by atoms with van der Waals surface area (Å²) in [6.07, 6.45) is 0.600. The number of benzene rings is 3. The first kappa shape index (κ1) is 28.4. The van der Waals surface area contributed by atoms with E-state index >= 15 is 0 Å². The van der Waals surface area contributed by atoms with Gasteiger partial charge in [-0.05, 0) is 73.9 Å². The lowest BCUT2D eigenvalue weighted by molar-refractivity contribution is -0.137. The van der Waals surface area contributed by atoms with Crippen LogP contribution in [0.3, 0.4) is 0 Å². The molecule has 3 aromatic rings. The summed E-state index contributed by atoms with van der Waals surface area (Å²) in [4.78, 5) is 27.5. The van der Waals surface area contributed by atoms with Crippen molar-refractivity contribution in [1.82, 2.24) is 5.32 Å². The number of aliphatic hydroxyl groups is 1. The molecule has 3 aliphatic heterocycles. The summed E-state index contributed by atoms with van der Waals surface area (Å²) in [5, 5.41) is 21.9. The largest absolute Gasteiger partial charge is 0.416 e. The molecule has 43 heavy (non-hydrogen) atoms. The molecule has 1 fully saturated rings. The third-order valence-corrected chi connectivity index (χ3v) is 7.69. The fraction of sp³-hybridized carbons (Fsp3) is 0.250. The van der Waals surface area contributed by atoms with Crippen LogP contribution in [0.2, 0.25) is 0 Å². The predicted molar refractivity (Wildman–Crippen MR) is 160 cm³/mol. The van der Waals surface area contributed by atoms with Gasteiger partial charge in [-0.1, -0.05) is 18.2 Å². The number of nitrogens with zero attached hydrogens (tertiary/aromatic N) is 1. The molecule has 0 aliphatic carbocycles. The molecule has 1 saturated heterocycles. The monoisotopic (exact) mass is 589 g/mol. The van der Waals surface area contributed by atoms with Gasteiger partial charge in [-0.2, -0.15) is 13.2 Å². The van der Waals surface area contributed by atoms with Gasteiger partial charge in [-0.3, -0.25) is 9.59 Å². The highest BCUT2D eigenvalue weighted by atomic mass is 19.4. The Morgan fingerprint density at radius 3 is 2.51 bits per heavy atom. The van der Waals surface area contributed by atoms with Crippen molar-refractivity contribution in [3.63, 3.8) is 0 Å². The molecule has 2 amide bonds. The second-order valence-electron chi connectivity index (χ2n) is 10.8. The summed E-state index contributed by atoms with van der Waals surface area (Å²) < 4.78 is 41.1. The van der Waals surface area contributed by atoms with Gasteiger partial charge in [0.2, 0.25) is 0 Å². The average Bonchev–Trinajstić information content (AvgIpc) is 3.60. The first-order valence-electron chi connectivity index (χ1n) is 14.1. The molecule has 8 nitrogen and oxygen atoms in total. The van der Waals surface area contributed by atoms with Crippen molar-refractivity contribution >= 4 is 45.8 Å². The Bertz CT molecular complexity index is 1640. The average molecular weight is 590 g/mol. The zero-order valence-corrected chi connectivity index (χ0v) is 23.1. The van der Waals surface area contributed by atoms with Crippen LogP contribution in [0.1, 0.15) is 40.7 Å². The quantitative estimate of drug-likeness (QED) is 0.230. The Kier molecular flexibility index (Phi) is 7.57. The first-order chi connectivity index (χ1) is 20.6. The minimum Gasteiger partial charge on any atom is -0.393 e. The van der Waals surface area contributed by atoms with Crippen LogP contribution >= 0.6 is 0 Å². The van der Waals surface area contributed by atoms with E-state index in [-0.39, 0.29) is 11.5 Å². The number of fused-ring (bicyclic) bond motifs is 1. The van der Waals surface area contributed by atoms with Crippen LogP contribution in [0.5, 0.6) is 0 Å². The van der Waals surface area contributed by atoms with E-state index in [0.717, 1.165) is 36.4 Å². The van der Waals surface area contributed by atoms with Crippen molar-refractivity contribution in [1.29, 1.82) is 0 Å². The molecule has 222 valence electrons. The SMILES string of the molecule is O=C1Nc2cc(Nc3cccc(NC(=O)c4cc(N5CCC(O)CC5)cc(C(F)(F)F)c4)c3)ccc2/C1=C/C1=CCCN1. The fourth-order valence-corrected chi connectivity index (χ4v) is 5.45. The van der Waals surface area contributed by atoms with Crippen LogP contribution < -0.4 is 26.2 Å². The number of hydrogen-bond acceptors (Lipinski definition) is 6. The molecular weight excluding hydrogens is 559 g/mol. The maximum atomic E-state index is 13.7. The van der Waals surface area contributed by atoms with Crippen LogP contribution in [-0.4, -0.2) is 42.7 Å². The molecule has 11 heteroatoms. The fourth-order valence-electron chi connectivity index (χ4n) is 5.45. The number of aliphatic hydroxyl groups excluding tert-OH is 1. The highest BCUT2D eigenvalue weighted by molar-refractivity contribution is 6.32. The van der Waals surface area contributed by atoms with Gasteiger partial charge in [-0.15, -0.1) is 0 Å². The van der Waals surface area contributed by atoms with Gasteiger partial charge in [-0.25, -0.2) is 0 Å². The standard InChI is InChI=1S/C32H30F3N5O3/c33-32(34,35)20-13-19(14-25(15-20)40-11-8-26(41)9-12-40)30(42)38-23-4-1-3-22(16-23)37-24-6-7-27-28(17-21-5-2-10-36-21)31(43)39-29(27)18-24/h1,3-7,13-18,26,36-37,41H,2,8-12H2,(H,38,42)(H,39,43)/b28-17-. The Hall–Kier alpha value is -4.77. The van der Waals surface area contributed by atoms with Crippen LogP contribution in [0.25, 0.3) is 5.57 Å². The highest BCUT2D eigenvalue weighted by Crippen LogP contribution is 2.36. The Labute approximate surface area is 246 Å². The van der Waals surface area contributed by atoms with Crippen molar-refractivity contribution < 1.29 is 27.9 Å². The Balaban J connectivity index is 1.18. The number of anilines is 5. The number of nitrogens with one attached hydrogen (secondary N) is 4. The lowest BCUT2D eigenvalue weighted by Gasteiger charge is -2.32. The van der Waals surface area contributed by atoms with E-state index in [0.29, 0.717) is 59.9 Å². The van der Waals surface area contributed by atoms with Gasteiger partial charge in [0.15, 0.2) is 0 Å². The lowest BCUT2D eigenvalue weighted by Crippen LogP contribution is -2.36. The van der Waals surface area contributed by atoms with Crippen molar-refractivity contribution in [2.45, 2.75) is 31.5 Å². The number of rotatable bonds is 6. The molecule has 0 unspecified atom stereocenters. The van der Waals surface area contributed by atoms with Gasteiger partial charge in [0, 0.05) is 59.2 Å². The molecule has 0 aromatic heterocycles. The zero-order chi connectivity index (χ0) is 30.1. The van der Waals surface area contributed by atoms with E-state index in [1.807, 2.05) is 30.4 Å². The number of carbonyl (C=O) groups is 2. The summed E-state index contributed by atoms with van der Waals surface area (Å²) in [6.45, 7) is 1.65. The maximum Gasteiger partial charge on any atom is 0.416 e. The second kappa shape index (κ2) is 11.5. The number of allylic oxidation sites excluding steroid dienone is 1. The molecular formula is C32H30F3N5O3. The Morgan fingerprint density at radius 1 is 1.00 bits per heavy atom. The third kappa shape index (κ3) is 6.36. The van der Waals surface area contributed by atoms with Crippen molar-refractivity contribution in [2.75, 3.05) is 40.5 Å². The van der Waals surface area contributed by atoms with Gasteiger partial charge in [0.05, 0.1) is 22.9 Å². The second-order valence-corrected chi connectivity index (χ2v) is 10.8. The maximum absolute atomic E-state index is 13.7. The topological polar surface area (TPSA) is 106 Å². The van der Waals surface area contributed by atoms with Gasteiger partial charge in [0.1, 0.15) is 0 Å². The minimum absolute atomic E-state index is 0.115. The van der Waals surface area contributed by atoms with Crippen molar-refractivity contribution in [3.8, 4) is 0 Å². The molecule has 0 radical (unpaired) electrons. The van der Waals surface area contributed by atoms with Gasteiger partial charge in [0.25, 0.3) is 11.8 Å².